The molecule has 1 aromatic heterocycles. The van der Waals surface area contributed by atoms with Gasteiger partial charge in [-0.25, -0.2) is 0 Å². The number of H-pyrrole nitrogens is 1. The summed E-state index contributed by atoms with van der Waals surface area (Å²) in [6, 6.07) is 14.3. The van der Waals surface area contributed by atoms with E-state index in [9.17, 15) is 9.59 Å². The monoisotopic (exact) mass is 299 g/mol. The standard InChI is InChI=1S/C17H21N3O2/c1-20(2)12-11-14(13-7-4-3-5-8-13)19-17(22)15-9-6-10-16(21)18-15/h3-10,14H,11-12H2,1-2H3,(H,18,21)(H,19,22)/t14-/m1/s1. The molecule has 1 aromatic carbocycles. The minimum Gasteiger partial charge on any atom is -0.344 e. The number of rotatable bonds is 6. The molecule has 0 fully saturated rings. The van der Waals surface area contributed by atoms with Gasteiger partial charge in [-0.1, -0.05) is 36.4 Å². The highest BCUT2D eigenvalue weighted by molar-refractivity contribution is 5.92. The highest BCUT2D eigenvalue weighted by Crippen LogP contribution is 2.17. The van der Waals surface area contributed by atoms with Crippen LogP contribution in [0.4, 0.5) is 0 Å². The molecule has 1 heterocycles. The van der Waals surface area contributed by atoms with E-state index in [1.165, 1.54) is 6.07 Å². The van der Waals surface area contributed by atoms with E-state index in [2.05, 4.69) is 15.2 Å². The van der Waals surface area contributed by atoms with Crippen LogP contribution in [0, 0.1) is 0 Å². The minimum atomic E-state index is -0.280. The van der Waals surface area contributed by atoms with Crippen LogP contribution in [-0.4, -0.2) is 36.4 Å². The smallest absolute Gasteiger partial charge is 0.268 e. The van der Waals surface area contributed by atoms with Crippen LogP contribution in [0.25, 0.3) is 0 Å². The van der Waals surface area contributed by atoms with Crippen LogP contribution in [-0.2, 0) is 0 Å². The van der Waals surface area contributed by atoms with E-state index in [1.54, 1.807) is 12.1 Å². The quantitative estimate of drug-likeness (QED) is 0.855. The van der Waals surface area contributed by atoms with Gasteiger partial charge in [0.1, 0.15) is 5.69 Å². The Morgan fingerprint density at radius 2 is 1.86 bits per heavy atom. The van der Waals surface area contributed by atoms with Crippen LogP contribution in [0.3, 0.4) is 0 Å². The normalized spacial score (nSPS) is 12.1. The van der Waals surface area contributed by atoms with Crippen molar-refractivity contribution in [2.45, 2.75) is 12.5 Å². The summed E-state index contributed by atoms with van der Waals surface area (Å²) in [4.78, 5) is 28.3. The lowest BCUT2D eigenvalue weighted by atomic mass is 10.0. The number of pyridine rings is 1. The van der Waals surface area contributed by atoms with Crippen molar-refractivity contribution in [3.05, 3.63) is 70.1 Å². The zero-order valence-electron chi connectivity index (χ0n) is 12.9. The third kappa shape index (κ3) is 4.56. The van der Waals surface area contributed by atoms with Crippen LogP contribution in [0.2, 0.25) is 0 Å². The molecule has 5 nitrogen and oxygen atoms in total. The van der Waals surface area contributed by atoms with Crippen molar-refractivity contribution < 1.29 is 4.79 Å². The molecule has 116 valence electrons. The molecule has 22 heavy (non-hydrogen) atoms. The van der Waals surface area contributed by atoms with Crippen molar-refractivity contribution in [3.63, 3.8) is 0 Å². The second kappa shape index (κ2) is 7.56. The van der Waals surface area contributed by atoms with Gasteiger partial charge in [-0.2, -0.15) is 0 Å². The van der Waals surface area contributed by atoms with Gasteiger partial charge in [0.25, 0.3) is 5.91 Å². The average molecular weight is 299 g/mol. The van der Waals surface area contributed by atoms with Crippen LogP contribution >= 0.6 is 0 Å². The van der Waals surface area contributed by atoms with E-state index in [0.29, 0.717) is 0 Å². The van der Waals surface area contributed by atoms with Crippen LogP contribution in [0.5, 0.6) is 0 Å². The molecular weight excluding hydrogens is 278 g/mol. The Kier molecular flexibility index (Phi) is 5.49. The van der Waals surface area contributed by atoms with Crippen LogP contribution < -0.4 is 10.9 Å². The van der Waals surface area contributed by atoms with Gasteiger partial charge in [0.15, 0.2) is 0 Å². The lowest BCUT2D eigenvalue weighted by molar-refractivity contribution is 0.0927. The molecule has 0 bridgehead atoms. The molecule has 0 spiro atoms. The number of nitrogens with one attached hydrogen (secondary N) is 2. The number of hydrogen-bond donors (Lipinski definition) is 2. The van der Waals surface area contributed by atoms with E-state index < -0.39 is 0 Å². The third-order valence-electron chi connectivity index (χ3n) is 3.39. The number of nitrogens with zero attached hydrogens (tertiary/aromatic N) is 1. The lowest BCUT2D eigenvalue weighted by Gasteiger charge is -2.21. The number of aromatic amines is 1. The molecule has 0 aliphatic carbocycles. The predicted octanol–water partition coefficient (Wildman–Crippen LogP) is 1.80. The summed E-state index contributed by atoms with van der Waals surface area (Å²) in [5, 5.41) is 3.00. The third-order valence-corrected chi connectivity index (χ3v) is 3.39. The molecule has 2 rings (SSSR count). The molecule has 2 N–H and O–H groups in total. The van der Waals surface area contributed by atoms with Crippen LogP contribution in [0.1, 0.15) is 28.5 Å². The molecule has 1 atom stereocenters. The van der Waals surface area contributed by atoms with Crippen LogP contribution in [0.15, 0.2) is 53.3 Å². The first-order valence-corrected chi connectivity index (χ1v) is 7.26. The number of amides is 1. The van der Waals surface area contributed by atoms with Gasteiger partial charge in [-0.05, 0) is 38.7 Å². The Hall–Kier alpha value is -2.40. The molecule has 2 aromatic rings. The molecular formula is C17H21N3O2. The second-order valence-corrected chi connectivity index (χ2v) is 5.46. The van der Waals surface area contributed by atoms with Gasteiger partial charge >= 0.3 is 0 Å². The van der Waals surface area contributed by atoms with Gasteiger partial charge in [0.2, 0.25) is 5.56 Å². The SMILES string of the molecule is CN(C)CC[C@@H](NC(=O)c1cccc(=O)[nH]1)c1ccccc1. The summed E-state index contributed by atoms with van der Waals surface area (Å²) in [6.45, 7) is 0.852. The maximum absolute atomic E-state index is 12.3. The summed E-state index contributed by atoms with van der Waals surface area (Å²) >= 11 is 0. The van der Waals surface area contributed by atoms with Gasteiger partial charge in [0, 0.05) is 6.07 Å². The number of carbonyl (C=O) groups excluding carboxylic acids is 1. The largest absolute Gasteiger partial charge is 0.344 e. The molecule has 0 saturated heterocycles. The van der Waals surface area contributed by atoms with E-state index in [4.69, 9.17) is 0 Å². The molecule has 0 radical (unpaired) electrons. The first-order chi connectivity index (χ1) is 10.6. The molecule has 0 aliphatic heterocycles. The van der Waals surface area contributed by atoms with Gasteiger partial charge < -0.3 is 15.2 Å². The maximum Gasteiger partial charge on any atom is 0.268 e. The molecule has 0 unspecified atom stereocenters. The summed E-state index contributed by atoms with van der Waals surface area (Å²) in [6.07, 6.45) is 0.791. The average Bonchev–Trinajstić information content (AvgIpc) is 2.52. The van der Waals surface area contributed by atoms with Crippen molar-refractivity contribution in [1.29, 1.82) is 0 Å². The number of carbonyl (C=O) groups is 1. The number of benzene rings is 1. The first-order valence-electron chi connectivity index (χ1n) is 7.26. The minimum absolute atomic E-state index is 0.0974. The Bertz CT molecular complexity index is 665. The van der Waals surface area contributed by atoms with Crippen molar-refractivity contribution in [2.75, 3.05) is 20.6 Å². The Morgan fingerprint density at radius 1 is 1.14 bits per heavy atom. The summed E-state index contributed by atoms with van der Waals surface area (Å²) in [5.41, 5.74) is 1.05. The second-order valence-electron chi connectivity index (χ2n) is 5.46. The Balaban J connectivity index is 2.15. The highest BCUT2D eigenvalue weighted by Gasteiger charge is 2.16. The number of aromatic nitrogens is 1. The Morgan fingerprint density at radius 3 is 2.50 bits per heavy atom. The van der Waals surface area contributed by atoms with Crippen molar-refractivity contribution in [2.24, 2.45) is 0 Å². The topological polar surface area (TPSA) is 65.2 Å². The lowest BCUT2D eigenvalue weighted by Crippen LogP contribution is -2.32. The zero-order chi connectivity index (χ0) is 15.9. The first kappa shape index (κ1) is 16.0. The molecule has 1 amide bonds. The van der Waals surface area contributed by atoms with Crippen molar-refractivity contribution in [1.82, 2.24) is 15.2 Å². The van der Waals surface area contributed by atoms with Gasteiger partial charge in [0.05, 0.1) is 6.04 Å². The van der Waals surface area contributed by atoms with Crippen molar-refractivity contribution >= 4 is 5.91 Å². The highest BCUT2D eigenvalue weighted by atomic mass is 16.2. The summed E-state index contributed by atoms with van der Waals surface area (Å²) in [5.74, 6) is -0.273. The fourth-order valence-corrected chi connectivity index (χ4v) is 2.21. The summed E-state index contributed by atoms with van der Waals surface area (Å²) in [7, 11) is 4.00. The zero-order valence-corrected chi connectivity index (χ0v) is 12.9. The van der Waals surface area contributed by atoms with E-state index in [0.717, 1.165) is 18.5 Å². The van der Waals surface area contributed by atoms with E-state index in [1.807, 2.05) is 44.4 Å². The van der Waals surface area contributed by atoms with Crippen molar-refractivity contribution in [3.8, 4) is 0 Å². The molecule has 5 heteroatoms. The fourth-order valence-electron chi connectivity index (χ4n) is 2.21. The predicted molar refractivity (Wildman–Crippen MR) is 86.9 cm³/mol. The van der Waals surface area contributed by atoms with Gasteiger partial charge in [-0.3, -0.25) is 9.59 Å². The van der Waals surface area contributed by atoms with E-state index in [-0.39, 0.29) is 23.2 Å². The van der Waals surface area contributed by atoms with E-state index >= 15 is 0 Å². The maximum atomic E-state index is 12.3. The molecule has 0 saturated carbocycles. The fraction of sp³-hybridized carbons (Fsp3) is 0.294. The number of hydrogen-bond acceptors (Lipinski definition) is 3. The Labute approximate surface area is 130 Å². The van der Waals surface area contributed by atoms with Gasteiger partial charge in [-0.15, -0.1) is 0 Å². The molecule has 0 aliphatic rings. The summed E-state index contributed by atoms with van der Waals surface area (Å²) < 4.78 is 0.